The van der Waals surface area contributed by atoms with Crippen LogP contribution in [0.3, 0.4) is 0 Å². The summed E-state index contributed by atoms with van der Waals surface area (Å²) in [6, 6.07) is 12.8. The number of hydrogen-bond acceptors (Lipinski definition) is 4. The number of fused-ring (bicyclic) bond motifs is 1. The fourth-order valence-electron chi connectivity index (χ4n) is 6.53. The van der Waals surface area contributed by atoms with Gasteiger partial charge in [-0.05, 0) is 103 Å². The van der Waals surface area contributed by atoms with E-state index in [1.807, 2.05) is 23.1 Å². The van der Waals surface area contributed by atoms with Gasteiger partial charge in [0.2, 0.25) is 0 Å². The molecule has 1 aromatic heterocycles. The average molecular weight is 602 g/mol. The Bertz CT molecular complexity index is 1440. The second-order valence-electron chi connectivity index (χ2n) is 11.4. The minimum atomic E-state index is -4.33. The third-order valence-electron chi connectivity index (χ3n) is 9.09. The first kappa shape index (κ1) is 28.1. The van der Waals surface area contributed by atoms with Gasteiger partial charge in [-0.15, -0.1) is 11.3 Å². The van der Waals surface area contributed by atoms with Crippen LogP contribution in [0.1, 0.15) is 74.9 Å². The maximum absolute atomic E-state index is 13.5. The first-order valence-electron chi connectivity index (χ1n) is 14.0. The highest BCUT2D eigenvalue weighted by atomic mass is 35.5. The van der Waals surface area contributed by atoms with Crippen LogP contribution in [0, 0.1) is 5.41 Å². The lowest BCUT2D eigenvalue weighted by atomic mass is 9.71. The van der Waals surface area contributed by atoms with E-state index in [0.29, 0.717) is 28.6 Å². The lowest BCUT2D eigenvalue weighted by Gasteiger charge is -2.47. The molecule has 3 aromatic rings. The summed E-state index contributed by atoms with van der Waals surface area (Å²) in [4.78, 5) is 30.8. The number of amides is 2. The van der Waals surface area contributed by atoms with Crippen molar-refractivity contribution < 1.29 is 22.8 Å². The Labute approximate surface area is 246 Å². The Kier molecular flexibility index (Phi) is 7.53. The fraction of sp³-hybridized carbons (Fsp3) is 0.419. The van der Waals surface area contributed by atoms with Crippen molar-refractivity contribution in [2.75, 3.05) is 31.1 Å². The summed E-state index contributed by atoms with van der Waals surface area (Å²) >= 11 is 7.46. The van der Waals surface area contributed by atoms with Gasteiger partial charge in [-0.25, -0.2) is 0 Å². The van der Waals surface area contributed by atoms with Gasteiger partial charge in [-0.1, -0.05) is 17.7 Å². The molecule has 216 valence electrons. The van der Waals surface area contributed by atoms with Crippen molar-refractivity contribution in [2.24, 2.45) is 5.41 Å². The van der Waals surface area contributed by atoms with E-state index < -0.39 is 11.7 Å². The number of hydrogen-bond donors (Lipinski definition) is 1. The predicted octanol–water partition coefficient (Wildman–Crippen LogP) is 7.36. The van der Waals surface area contributed by atoms with Crippen LogP contribution < -0.4 is 10.2 Å². The van der Waals surface area contributed by atoms with Crippen molar-refractivity contribution >= 4 is 40.4 Å². The Morgan fingerprint density at radius 2 is 1.63 bits per heavy atom. The molecule has 6 rings (SSSR count). The van der Waals surface area contributed by atoms with Gasteiger partial charge in [0.05, 0.1) is 16.6 Å². The molecule has 2 aromatic carbocycles. The number of rotatable bonds is 4. The van der Waals surface area contributed by atoms with Gasteiger partial charge < -0.3 is 15.1 Å². The highest BCUT2D eigenvalue weighted by Crippen LogP contribution is 2.43. The predicted molar refractivity (Wildman–Crippen MR) is 155 cm³/mol. The summed E-state index contributed by atoms with van der Waals surface area (Å²) in [6.45, 7) is 2.97. The molecule has 0 saturated carbocycles. The van der Waals surface area contributed by atoms with Crippen molar-refractivity contribution in [3.63, 3.8) is 0 Å². The van der Waals surface area contributed by atoms with Crippen molar-refractivity contribution in [3.05, 3.63) is 86.1 Å². The maximum atomic E-state index is 13.5. The molecule has 1 unspecified atom stereocenters. The van der Waals surface area contributed by atoms with E-state index in [1.54, 1.807) is 23.6 Å². The maximum Gasteiger partial charge on any atom is 0.416 e. The number of carbonyl (C=O) groups is 2. The molecule has 1 N–H and O–H groups in total. The van der Waals surface area contributed by atoms with E-state index in [-0.39, 0.29) is 23.3 Å². The first-order chi connectivity index (χ1) is 19.6. The van der Waals surface area contributed by atoms with E-state index in [1.165, 1.54) is 11.3 Å². The van der Waals surface area contributed by atoms with Crippen molar-refractivity contribution in [1.29, 1.82) is 0 Å². The zero-order chi connectivity index (χ0) is 28.8. The van der Waals surface area contributed by atoms with Gasteiger partial charge in [0.25, 0.3) is 11.8 Å². The van der Waals surface area contributed by atoms with Gasteiger partial charge in [-0.3, -0.25) is 9.59 Å². The Morgan fingerprint density at radius 3 is 2.27 bits per heavy atom. The quantitative estimate of drug-likeness (QED) is 0.340. The molecule has 10 heteroatoms. The van der Waals surface area contributed by atoms with Crippen LogP contribution in [0.5, 0.6) is 0 Å². The summed E-state index contributed by atoms with van der Waals surface area (Å²) < 4.78 is 38.8. The average Bonchev–Trinajstić information content (AvgIpc) is 3.58. The van der Waals surface area contributed by atoms with Crippen LogP contribution in [-0.2, 0) is 12.6 Å². The number of halogens is 4. The van der Waals surface area contributed by atoms with Crippen molar-refractivity contribution in [3.8, 4) is 0 Å². The molecule has 2 aliphatic heterocycles. The van der Waals surface area contributed by atoms with E-state index >= 15 is 0 Å². The van der Waals surface area contributed by atoms with Gasteiger partial charge in [0, 0.05) is 37.4 Å². The number of likely N-dealkylation sites (tertiary alicyclic amines) is 1. The van der Waals surface area contributed by atoms with Crippen LogP contribution >= 0.6 is 22.9 Å². The monoisotopic (exact) mass is 601 g/mol. The SMILES string of the molecule is O=C(NC1CCc2ccc(C(=O)N3CCC4(CC3)CCN(c3ccc(C(F)(F)F)cc3)CC4)cc21)c1sccc1Cl. The van der Waals surface area contributed by atoms with Crippen molar-refractivity contribution in [2.45, 2.75) is 50.7 Å². The molecule has 1 aliphatic carbocycles. The lowest BCUT2D eigenvalue weighted by molar-refractivity contribution is -0.137. The normalized spacial score (nSPS) is 20.2. The van der Waals surface area contributed by atoms with E-state index in [9.17, 15) is 22.8 Å². The second kappa shape index (κ2) is 11.0. The number of alkyl halides is 3. The van der Waals surface area contributed by atoms with Gasteiger partial charge in [0.15, 0.2) is 0 Å². The molecular weight excluding hydrogens is 571 g/mol. The molecule has 3 aliphatic rings. The highest BCUT2D eigenvalue weighted by Gasteiger charge is 2.39. The second-order valence-corrected chi connectivity index (χ2v) is 12.7. The van der Waals surface area contributed by atoms with Gasteiger partial charge in [-0.2, -0.15) is 13.2 Å². The number of anilines is 1. The third kappa shape index (κ3) is 5.71. The zero-order valence-electron chi connectivity index (χ0n) is 22.5. The molecule has 41 heavy (non-hydrogen) atoms. The Hall–Kier alpha value is -3.04. The molecule has 0 radical (unpaired) electrons. The third-order valence-corrected chi connectivity index (χ3v) is 10.4. The number of nitrogens with zero attached hydrogens (tertiary/aromatic N) is 2. The summed E-state index contributed by atoms with van der Waals surface area (Å²) in [5.74, 6) is -0.173. The molecule has 2 saturated heterocycles. The van der Waals surface area contributed by atoms with Gasteiger partial charge in [0.1, 0.15) is 4.88 Å². The van der Waals surface area contributed by atoms with E-state index in [4.69, 9.17) is 11.6 Å². The summed E-state index contributed by atoms with van der Waals surface area (Å²) in [5.41, 5.74) is 3.16. The summed E-state index contributed by atoms with van der Waals surface area (Å²) in [5, 5.41) is 5.34. The van der Waals surface area contributed by atoms with Gasteiger partial charge >= 0.3 is 6.18 Å². The molecule has 2 amide bonds. The highest BCUT2D eigenvalue weighted by molar-refractivity contribution is 7.12. The van der Waals surface area contributed by atoms with E-state index in [0.717, 1.165) is 80.6 Å². The molecular formula is C31H31ClF3N3O2S. The first-order valence-corrected chi connectivity index (χ1v) is 15.3. The number of carbonyl (C=O) groups excluding carboxylic acids is 2. The van der Waals surface area contributed by atoms with Crippen molar-refractivity contribution in [1.82, 2.24) is 10.2 Å². The molecule has 0 bridgehead atoms. The largest absolute Gasteiger partial charge is 0.416 e. The van der Waals surface area contributed by atoms with Crippen LogP contribution in [0.4, 0.5) is 18.9 Å². The number of nitrogens with one attached hydrogen (secondary N) is 1. The minimum absolute atomic E-state index is 0.0168. The Morgan fingerprint density at radius 1 is 0.951 bits per heavy atom. The van der Waals surface area contributed by atoms with Crippen LogP contribution in [0.15, 0.2) is 53.9 Å². The molecule has 1 atom stereocenters. The molecule has 3 heterocycles. The fourth-order valence-corrected chi connectivity index (χ4v) is 7.58. The van der Waals surface area contributed by atoms with Crippen LogP contribution in [0.2, 0.25) is 5.02 Å². The molecule has 1 spiro atoms. The number of thiophene rings is 1. The zero-order valence-corrected chi connectivity index (χ0v) is 24.0. The number of aryl methyl sites for hydroxylation is 1. The summed E-state index contributed by atoms with van der Waals surface area (Å²) in [7, 11) is 0. The number of piperidine rings is 2. The minimum Gasteiger partial charge on any atom is -0.371 e. The molecule has 2 fully saturated rings. The Balaban J connectivity index is 1.05. The smallest absolute Gasteiger partial charge is 0.371 e. The topological polar surface area (TPSA) is 52.7 Å². The van der Waals surface area contributed by atoms with Crippen LogP contribution in [0.25, 0.3) is 0 Å². The lowest BCUT2D eigenvalue weighted by Crippen LogP contribution is -2.48. The number of benzene rings is 2. The standard InChI is InChI=1S/C31H31ClF3N3O2S/c32-25-9-18-41-27(25)28(39)36-26-8-3-20-1-2-21(19-24(20)26)29(40)38-16-12-30(13-17-38)10-14-37(15-11-30)23-6-4-22(5-7-23)31(33,34)35/h1-2,4-7,9,18-19,26H,3,8,10-17H2,(H,36,39). The summed E-state index contributed by atoms with van der Waals surface area (Å²) in [6.07, 6.45) is 1.08. The van der Waals surface area contributed by atoms with Crippen LogP contribution in [-0.4, -0.2) is 42.9 Å². The molecule has 5 nitrogen and oxygen atoms in total. The van der Waals surface area contributed by atoms with E-state index in [2.05, 4.69) is 10.2 Å².